The second-order valence-electron chi connectivity index (χ2n) is 12.7. The maximum absolute atomic E-state index is 12.9. The van der Waals surface area contributed by atoms with Crippen LogP contribution in [-0.4, -0.2) is 60.7 Å². The van der Waals surface area contributed by atoms with Crippen molar-refractivity contribution in [2.45, 2.75) is 121 Å². The van der Waals surface area contributed by atoms with Gasteiger partial charge >= 0.3 is 12.3 Å². The number of carbonyl (C=O) groups excluding carboxylic acids is 1. The first kappa shape index (κ1) is 27.9. The molecule has 5 rings (SSSR count). The van der Waals surface area contributed by atoms with Crippen LogP contribution < -0.4 is 0 Å². The Hall–Kier alpha value is -2.62. The zero-order valence-electron chi connectivity index (χ0n) is 23.2. The summed E-state index contributed by atoms with van der Waals surface area (Å²) in [5, 5.41) is 14.8. The third-order valence-electron chi connectivity index (χ3n) is 8.16. The van der Waals surface area contributed by atoms with Gasteiger partial charge < -0.3 is 9.84 Å². The molecule has 3 aliphatic rings. The monoisotopic (exact) mass is 548 g/mol. The van der Waals surface area contributed by atoms with E-state index < -0.39 is 24.1 Å². The molecule has 39 heavy (non-hydrogen) atoms. The lowest BCUT2D eigenvalue weighted by Crippen LogP contribution is -2.45. The number of aliphatic hydroxyl groups excluding tert-OH is 1. The molecule has 2 bridgehead atoms. The van der Waals surface area contributed by atoms with Crippen molar-refractivity contribution >= 4 is 17.2 Å². The van der Waals surface area contributed by atoms with Gasteiger partial charge in [0.2, 0.25) is 0 Å². The van der Waals surface area contributed by atoms with Gasteiger partial charge in [0, 0.05) is 36.1 Å². The maximum Gasteiger partial charge on any atom is 0.411 e. The predicted molar refractivity (Wildman–Crippen MR) is 141 cm³/mol. The van der Waals surface area contributed by atoms with E-state index in [1.165, 1.54) is 0 Å². The van der Waals surface area contributed by atoms with Crippen LogP contribution in [0.25, 0.3) is 11.1 Å². The molecule has 2 aromatic heterocycles. The van der Waals surface area contributed by atoms with Crippen LogP contribution in [0.4, 0.5) is 18.0 Å². The molecule has 1 saturated carbocycles. The highest BCUT2D eigenvalue weighted by molar-refractivity contribution is 5.82. The second kappa shape index (κ2) is 10.4. The number of fused-ring (bicyclic) bond motifs is 3. The minimum Gasteiger partial charge on any atom is -0.444 e. The van der Waals surface area contributed by atoms with E-state index in [1.54, 1.807) is 13.1 Å². The molecule has 4 heterocycles. The summed E-state index contributed by atoms with van der Waals surface area (Å²) in [5.74, 6) is -0.0299. The van der Waals surface area contributed by atoms with Gasteiger partial charge in [-0.1, -0.05) is 13.0 Å². The fourth-order valence-corrected chi connectivity index (χ4v) is 6.47. The Morgan fingerprint density at radius 1 is 1.15 bits per heavy atom. The van der Waals surface area contributed by atoms with Crippen LogP contribution in [0, 0.1) is 5.92 Å². The number of aromatic nitrogens is 3. The van der Waals surface area contributed by atoms with Crippen molar-refractivity contribution in [3.05, 3.63) is 35.4 Å². The number of halogens is 3. The van der Waals surface area contributed by atoms with Crippen molar-refractivity contribution in [1.29, 1.82) is 0 Å². The van der Waals surface area contributed by atoms with Crippen LogP contribution in [0.2, 0.25) is 0 Å². The standard InChI is InChI=1S/C29H39F3N4O3/c1-17(15-29(30,31)32)11-26-33-16-25-23(14-24(36(25)34-26)18-5-9-22(37)10-6-18)19-12-20-7-8-21(13-19)35(20)27(38)39-28(2,3)4/h12,14,16-18,20-22,37H,5-11,13,15H2,1-4H3/t17-,18?,20+,21-,22?/m0/s1. The van der Waals surface area contributed by atoms with Crippen LogP contribution in [-0.2, 0) is 11.2 Å². The Morgan fingerprint density at radius 3 is 2.51 bits per heavy atom. The average molecular weight is 549 g/mol. The van der Waals surface area contributed by atoms with Gasteiger partial charge in [0.15, 0.2) is 0 Å². The van der Waals surface area contributed by atoms with Crippen LogP contribution in [0.15, 0.2) is 18.3 Å². The van der Waals surface area contributed by atoms with E-state index in [9.17, 15) is 23.1 Å². The van der Waals surface area contributed by atoms with Gasteiger partial charge in [-0.15, -0.1) is 0 Å². The number of aliphatic hydroxyl groups is 1. The molecule has 0 radical (unpaired) electrons. The molecular formula is C29H39F3N4O3. The van der Waals surface area contributed by atoms with Crippen LogP contribution in [0.1, 0.15) is 102 Å². The minimum atomic E-state index is -4.22. The summed E-state index contributed by atoms with van der Waals surface area (Å²) in [6, 6.07) is 2.17. The summed E-state index contributed by atoms with van der Waals surface area (Å²) in [5.41, 5.74) is 3.45. The van der Waals surface area contributed by atoms with Crippen molar-refractivity contribution in [3.63, 3.8) is 0 Å². The number of nitrogens with zero attached hydrogens (tertiary/aromatic N) is 4. The summed E-state index contributed by atoms with van der Waals surface area (Å²) >= 11 is 0. The number of alkyl halides is 3. The molecule has 2 fully saturated rings. The fourth-order valence-electron chi connectivity index (χ4n) is 6.47. The van der Waals surface area contributed by atoms with E-state index in [1.807, 2.05) is 30.2 Å². The van der Waals surface area contributed by atoms with E-state index >= 15 is 0 Å². The number of hydrogen-bond acceptors (Lipinski definition) is 5. The summed E-state index contributed by atoms with van der Waals surface area (Å²) in [6.07, 6.45) is 3.93. The summed E-state index contributed by atoms with van der Waals surface area (Å²) in [6.45, 7) is 7.18. The molecule has 10 heteroatoms. The third-order valence-corrected chi connectivity index (χ3v) is 8.16. The molecule has 7 nitrogen and oxygen atoms in total. The van der Waals surface area contributed by atoms with Gasteiger partial charge in [0.1, 0.15) is 11.4 Å². The lowest BCUT2D eigenvalue weighted by Gasteiger charge is -2.35. The molecule has 3 atom stereocenters. The smallest absolute Gasteiger partial charge is 0.411 e. The SMILES string of the molecule is C[C@@H](Cc1ncc2c(C3=C[C@H]4CC[C@@H](C3)N4C(=O)OC(C)(C)C)cc(C3CCC(O)CC3)n2n1)CC(F)(F)F. The first-order valence-electron chi connectivity index (χ1n) is 14.1. The minimum absolute atomic E-state index is 0.0414. The van der Waals surface area contributed by atoms with Crippen molar-refractivity contribution in [1.82, 2.24) is 19.5 Å². The first-order valence-corrected chi connectivity index (χ1v) is 14.1. The molecule has 1 aliphatic carbocycles. The van der Waals surface area contributed by atoms with E-state index in [0.717, 1.165) is 48.0 Å². The normalized spacial score (nSPS) is 26.6. The Labute approximate surface area is 227 Å². The lowest BCUT2D eigenvalue weighted by molar-refractivity contribution is -0.143. The van der Waals surface area contributed by atoms with Gasteiger partial charge in [-0.05, 0) is 83.3 Å². The number of ether oxygens (including phenoxy) is 1. The number of rotatable bonds is 5. The Balaban J connectivity index is 1.48. The Morgan fingerprint density at radius 2 is 1.87 bits per heavy atom. The molecule has 0 unspecified atom stereocenters. The molecule has 1 amide bonds. The summed E-state index contributed by atoms with van der Waals surface area (Å²) in [7, 11) is 0. The molecule has 0 aromatic carbocycles. The largest absolute Gasteiger partial charge is 0.444 e. The number of hydrogen-bond donors (Lipinski definition) is 1. The molecule has 1 saturated heterocycles. The van der Waals surface area contributed by atoms with Gasteiger partial charge in [-0.25, -0.2) is 14.3 Å². The van der Waals surface area contributed by atoms with E-state index in [-0.39, 0.29) is 36.6 Å². The van der Waals surface area contributed by atoms with Crippen LogP contribution >= 0.6 is 0 Å². The lowest BCUT2D eigenvalue weighted by atomic mass is 9.85. The topological polar surface area (TPSA) is 80.0 Å². The molecule has 2 aromatic rings. The number of carbonyl (C=O) groups is 1. The van der Waals surface area contributed by atoms with E-state index in [2.05, 4.69) is 17.1 Å². The maximum atomic E-state index is 12.9. The average Bonchev–Trinajstić information content (AvgIpc) is 3.32. The quantitative estimate of drug-likeness (QED) is 0.466. The second-order valence-corrected chi connectivity index (χ2v) is 12.7. The molecule has 214 valence electrons. The van der Waals surface area contributed by atoms with Crippen molar-refractivity contribution in [2.75, 3.05) is 0 Å². The molecule has 1 N–H and O–H groups in total. The summed E-state index contributed by atoms with van der Waals surface area (Å²) < 4.78 is 46.4. The van der Waals surface area contributed by atoms with Crippen molar-refractivity contribution in [3.8, 4) is 0 Å². The highest BCUT2D eigenvalue weighted by atomic mass is 19.4. The fraction of sp³-hybridized carbons (Fsp3) is 0.690. The molecule has 0 spiro atoms. The van der Waals surface area contributed by atoms with E-state index in [4.69, 9.17) is 9.84 Å². The predicted octanol–water partition coefficient (Wildman–Crippen LogP) is 6.43. The van der Waals surface area contributed by atoms with Gasteiger partial charge in [-0.2, -0.15) is 18.3 Å². The van der Waals surface area contributed by atoms with Gasteiger partial charge in [0.05, 0.1) is 23.9 Å². The van der Waals surface area contributed by atoms with Crippen molar-refractivity contribution < 1.29 is 27.8 Å². The van der Waals surface area contributed by atoms with Gasteiger partial charge in [0.25, 0.3) is 0 Å². The zero-order chi connectivity index (χ0) is 28.1. The summed E-state index contributed by atoms with van der Waals surface area (Å²) in [4.78, 5) is 19.3. The third kappa shape index (κ3) is 6.26. The first-order chi connectivity index (χ1) is 18.3. The zero-order valence-corrected chi connectivity index (χ0v) is 23.2. The van der Waals surface area contributed by atoms with Crippen LogP contribution in [0.5, 0.6) is 0 Å². The van der Waals surface area contributed by atoms with E-state index in [0.29, 0.717) is 25.1 Å². The number of amides is 1. The van der Waals surface area contributed by atoms with Crippen LogP contribution in [0.3, 0.4) is 0 Å². The Kier molecular flexibility index (Phi) is 7.45. The Bertz CT molecular complexity index is 1240. The van der Waals surface area contributed by atoms with Crippen molar-refractivity contribution in [2.24, 2.45) is 5.92 Å². The molecular weight excluding hydrogens is 509 g/mol. The van der Waals surface area contributed by atoms with Gasteiger partial charge in [-0.3, -0.25) is 4.90 Å². The molecule has 2 aliphatic heterocycles. The highest BCUT2D eigenvalue weighted by Crippen LogP contribution is 2.43. The highest BCUT2D eigenvalue weighted by Gasteiger charge is 2.42.